The van der Waals surface area contributed by atoms with Gasteiger partial charge in [0.2, 0.25) is 6.39 Å². The Hall–Kier alpha value is -2.11. The van der Waals surface area contributed by atoms with Crippen LogP contribution in [0.15, 0.2) is 41.1 Å². The molecule has 1 aromatic heterocycles. The highest BCUT2D eigenvalue weighted by molar-refractivity contribution is 7.90. The first-order chi connectivity index (χ1) is 13.7. The highest BCUT2D eigenvalue weighted by atomic mass is 32.2. The number of nitrogens with one attached hydrogen (secondary N) is 1. The summed E-state index contributed by atoms with van der Waals surface area (Å²) in [4.78, 5) is 2.33. The molecule has 2 heterocycles. The van der Waals surface area contributed by atoms with Crippen molar-refractivity contribution in [3.63, 3.8) is 0 Å². The standard InChI is InChI=1S/C15H25N3O2S.C3H2F2N2O/c1-4-10-17-11-12-18(15(2,3)13-17)21(19,20)16-14-8-6-5-7-9-14;4-2(5)3-7-6-1-8-3/h5-9,16H,4,10-13H2,1-3H3;1-2H. The maximum absolute atomic E-state index is 12.6. The lowest BCUT2D eigenvalue weighted by molar-refractivity contribution is 0.0822. The fraction of sp³-hybridized carbons (Fsp3) is 0.556. The Labute approximate surface area is 170 Å². The first-order valence-corrected chi connectivity index (χ1v) is 10.7. The average molecular weight is 432 g/mol. The minimum atomic E-state index is -3.53. The molecule has 1 saturated heterocycles. The lowest BCUT2D eigenvalue weighted by Gasteiger charge is -2.45. The van der Waals surface area contributed by atoms with Gasteiger partial charge in [0.1, 0.15) is 0 Å². The number of alkyl halides is 2. The first-order valence-electron chi connectivity index (χ1n) is 9.28. The zero-order chi connectivity index (χ0) is 21.5. The Morgan fingerprint density at radius 3 is 2.41 bits per heavy atom. The van der Waals surface area contributed by atoms with Gasteiger partial charge in [-0.1, -0.05) is 25.1 Å². The molecule has 0 aliphatic carbocycles. The van der Waals surface area contributed by atoms with Crippen LogP contribution in [0.2, 0.25) is 0 Å². The maximum Gasteiger partial charge on any atom is 0.314 e. The van der Waals surface area contributed by atoms with E-state index in [1.54, 1.807) is 16.4 Å². The molecule has 0 spiro atoms. The second-order valence-corrected chi connectivity index (χ2v) is 8.81. The van der Waals surface area contributed by atoms with Gasteiger partial charge in [-0.05, 0) is 38.9 Å². The van der Waals surface area contributed by atoms with Gasteiger partial charge >= 0.3 is 16.6 Å². The van der Waals surface area contributed by atoms with Gasteiger partial charge in [-0.25, -0.2) is 0 Å². The molecule has 0 atom stereocenters. The minimum absolute atomic E-state index is 0.409. The van der Waals surface area contributed by atoms with E-state index in [2.05, 4.69) is 31.2 Å². The Morgan fingerprint density at radius 2 is 1.93 bits per heavy atom. The van der Waals surface area contributed by atoms with E-state index >= 15 is 0 Å². The van der Waals surface area contributed by atoms with E-state index in [9.17, 15) is 17.2 Å². The van der Waals surface area contributed by atoms with Crippen LogP contribution < -0.4 is 4.72 Å². The molecule has 3 rings (SSSR count). The number of nitrogens with zero attached hydrogens (tertiary/aromatic N) is 4. The zero-order valence-corrected chi connectivity index (χ0v) is 17.6. The van der Waals surface area contributed by atoms with Crippen molar-refractivity contribution in [3.05, 3.63) is 42.6 Å². The van der Waals surface area contributed by atoms with E-state index in [1.807, 2.05) is 32.0 Å². The Bertz CT molecular complexity index is 832. The SMILES string of the molecule is CCCN1CCN(S(=O)(=O)Nc2ccccc2)C(C)(C)C1.FC(F)c1nnco1. The summed E-state index contributed by atoms with van der Waals surface area (Å²) in [7, 11) is -3.53. The summed E-state index contributed by atoms with van der Waals surface area (Å²) >= 11 is 0. The number of hydrogen-bond donors (Lipinski definition) is 1. The van der Waals surface area contributed by atoms with Gasteiger partial charge in [-0.15, -0.1) is 10.2 Å². The minimum Gasteiger partial charge on any atom is -0.423 e. The molecule has 1 aromatic carbocycles. The highest BCUT2D eigenvalue weighted by Crippen LogP contribution is 2.25. The quantitative estimate of drug-likeness (QED) is 0.756. The number of piperazine rings is 1. The van der Waals surface area contributed by atoms with Gasteiger partial charge in [0.15, 0.2) is 0 Å². The fourth-order valence-corrected chi connectivity index (χ4v) is 4.75. The van der Waals surface area contributed by atoms with Crippen molar-refractivity contribution in [1.29, 1.82) is 0 Å². The van der Waals surface area contributed by atoms with E-state index in [0.717, 1.165) is 32.4 Å². The number of hydrogen-bond acceptors (Lipinski definition) is 6. The molecule has 1 fully saturated rings. The van der Waals surface area contributed by atoms with Gasteiger partial charge < -0.3 is 9.32 Å². The molecule has 29 heavy (non-hydrogen) atoms. The highest BCUT2D eigenvalue weighted by Gasteiger charge is 2.40. The van der Waals surface area contributed by atoms with E-state index in [1.165, 1.54) is 0 Å². The fourth-order valence-electron chi connectivity index (χ4n) is 3.18. The van der Waals surface area contributed by atoms with Crippen LogP contribution in [-0.2, 0) is 10.2 Å². The van der Waals surface area contributed by atoms with Crippen molar-refractivity contribution < 1.29 is 21.6 Å². The lowest BCUT2D eigenvalue weighted by Crippen LogP contribution is -2.61. The first kappa shape index (κ1) is 23.2. The van der Waals surface area contributed by atoms with E-state index < -0.39 is 28.1 Å². The van der Waals surface area contributed by atoms with E-state index in [-0.39, 0.29) is 0 Å². The molecule has 162 valence electrons. The molecular weight excluding hydrogens is 404 g/mol. The molecule has 0 unspecified atom stereocenters. The van der Waals surface area contributed by atoms with Crippen LogP contribution >= 0.6 is 0 Å². The van der Waals surface area contributed by atoms with Crippen molar-refractivity contribution in [2.45, 2.75) is 39.2 Å². The third kappa shape index (κ3) is 6.72. The van der Waals surface area contributed by atoms with Crippen LogP contribution in [0.3, 0.4) is 0 Å². The third-order valence-corrected chi connectivity index (χ3v) is 6.07. The summed E-state index contributed by atoms with van der Waals surface area (Å²) in [5.41, 5.74) is 0.192. The molecule has 0 saturated carbocycles. The summed E-state index contributed by atoms with van der Waals surface area (Å²) in [5, 5.41) is 6.00. The second kappa shape index (κ2) is 10.1. The summed E-state index contributed by atoms with van der Waals surface area (Å²) in [6.45, 7) is 9.20. The topological polar surface area (TPSA) is 91.6 Å². The van der Waals surface area contributed by atoms with Crippen molar-refractivity contribution in [1.82, 2.24) is 19.4 Å². The van der Waals surface area contributed by atoms with Crippen LogP contribution in [0, 0.1) is 0 Å². The molecule has 1 N–H and O–H groups in total. The van der Waals surface area contributed by atoms with Crippen molar-refractivity contribution in [3.8, 4) is 0 Å². The van der Waals surface area contributed by atoms with Gasteiger partial charge in [0.25, 0.3) is 5.89 Å². The molecule has 11 heteroatoms. The van der Waals surface area contributed by atoms with Gasteiger partial charge in [-0.2, -0.15) is 21.5 Å². The van der Waals surface area contributed by atoms with Gasteiger partial charge in [0, 0.05) is 30.9 Å². The molecule has 0 bridgehead atoms. The van der Waals surface area contributed by atoms with Gasteiger partial charge in [0.05, 0.1) is 0 Å². The average Bonchev–Trinajstić information content (AvgIpc) is 3.17. The van der Waals surface area contributed by atoms with Crippen LogP contribution in [0.25, 0.3) is 0 Å². The summed E-state index contributed by atoms with van der Waals surface area (Å²) in [6.07, 6.45) is -0.704. The molecule has 0 amide bonds. The largest absolute Gasteiger partial charge is 0.423 e. The number of aromatic nitrogens is 2. The molecule has 8 nitrogen and oxygen atoms in total. The Morgan fingerprint density at radius 1 is 1.24 bits per heavy atom. The van der Waals surface area contributed by atoms with E-state index in [0.29, 0.717) is 12.2 Å². The summed E-state index contributed by atoms with van der Waals surface area (Å²) < 4.78 is 56.4. The van der Waals surface area contributed by atoms with Crippen LogP contribution in [0.1, 0.15) is 39.5 Å². The molecule has 0 radical (unpaired) electrons. The van der Waals surface area contributed by atoms with E-state index in [4.69, 9.17) is 0 Å². The second-order valence-electron chi connectivity index (χ2n) is 7.21. The molecular formula is C18H27F2N5O3S. The zero-order valence-electron chi connectivity index (χ0n) is 16.8. The normalized spacial score (nSPS) is 17.6. The predicted octanol–water partition coefficient (Wildman–Crippen LogP) is 3.16. The van der Waals surface area contributed by atoms with Crippen LogP contribution in [0.5, 0.6) is 0 Å². The van der Waals surface area contributed by atoms with Crippen LogP contribution in [-0.4, -0.2) is 59.5 Å². The van der Waals surface area contributed by atoms with Crippen LogP contribution in [0.4, 0.5) is 14.5 Å². The predicted molar refractivity (Wildman–Crippen MR) is 106 cm³/mol. The van der Waals surface area contributed by atoms with Gasteiger partial charge in [-0.3, -0.25) is 4.72 Å². The summed E-state index contributed by atoms with van der Waals surface area (Å²) in [5.74, 6) is -0.634. The number of anilines is 1. The third-order valence-electron chi connectivity index (χ3n) is 4.32. The lowest BCUT2D eigenvalue weighted by atomic mass is 10.0. The number of rotatable bonds is 6. The Kier molecular flexibility index (Phi) is 8.05. The summed E-state index contributed by atoms with van der Waals surface area (Å²) in [6, 6.07) is 9.03. The number of benzene rings is 1. The molecule has 1 aliphatic heterocycles. The van der Waals surface area contributed by atoms with Crippen molar-refractivity contribution in [2.75, 3.05) is 30.9 Å². The number of halogens is 2. The molecule has 1 aliphatic rings. The number of para-hydroxylation sites is 1. The smallest absolute Gasteiger partial charge is 0.314 e. The maximum atomic E-state index is 12.6. The monoisotopic (exact) mass is 431 g/mol. The van der Waals surface area contributed by atoms with Crippen molar-refractivity contribution >= 4 is 15.9 Å². The molecule has 2 aromatic rings. The van der Waals surface area contributed by atoms with Crippen molar-refractivity contribution in [2.24, 2.45) is 0 Å². The Balaban J connectivity index is 0.000000313.